The summed E-state index contributed by atoms with van der Waals surface area (Å²) in [6.45, 7) is 1.52. The summed E-state index contributed by atoms with van der Waals surface area (Å²) in [5.41, 5.74) is 2.09. The van der Waals surface area contributed by atoms with Crippen molar-refractivity contribution < 1.29 is 14.3 Å². The molecule has 1 N–H and O–H groups in total. The van der Waals surface area contributed by atoms with Crippen LogP contribution in [-0.2, 0) is 10.5 Å². The average molecular weight is 398 g/mol. The second kappa shape index (κ2) is 9.13. The molecule has 0 radical (unpaired) electrons. The third kappa shape index (κ3) is 5.66. The van der Waals surface area contributed by atoms with Crippen LogP contribution in [0.1, 0.15) is 22.8 Å². The van der Waals surface area contributed by atoms with Crippen molar-refractivity contribution in [3.63, 3.8) is 0 Å². The van der Waals surface area contributed by atoms with Gasteiger partial charge >= 0.3 is 0 Å². The Hall–Kier alpha value is -1.69. The molecule has 0 heterocycles. The number of nitrogens with one attached hydrogen (secondary N) is 1. The maximum Gasteiger partial charge on any atom is 0.234 e. The Morgan fingerprint density at radius 2 is 1.88 bits per heavy atom. The van der Waals surface area contributed by atoms with Crippen LogP contribution in [0.15, 0.2) is 36.4 Å². The Labute approximate surface area is 160 Å². The van der Waals surface area contributed by atoms with Crippen molar-refractivity contribution in [1.29, 1.82) is 0 Å². The normalized spacial score (nSPS) is 10.4. The highest BCUT2D eigenvalue weighted by Crippen LogP contribution is 2.26. The molecule has 0 aliphatic heterocycles. The maximum absolute atomic E-state index is 12.0. The number of ketones is 1. The lowest BCUT2D eigenvalue weighted by Gasteiger charge is -2.10. The molecule has 0 atom stereocenters. The van der Waals surface area contributed by atoms with Gasteiger partial charge in [-0.25, -0.2) is 0 Å². The lowest BCUT2D eigenvalue weighted by molar-refractivity contribution is -0.113. The van der Waals surface area contributed by atoms with E-state index in [0.717, 1.165) is 5.56 Å². The van der Waals surface area contributed by atoms with Gasteiger partial charge in [-0.2, -0.15) is 0 Å². The van der Waals surface area contributed by atoms with E-state index in [9.17, 15) is 9.59 Å². The highest BCUT2D eigenvalue weighted by molar-refractivity contribution is 7.99. The summed E-state index contributed by atoms with van der Waals surface area (Å²) in [5, 5.41) is 3.59. The number of rotatable bonds is 7. The summed E-state index contributed by atoms with van der Waals surface area (Å²) in [7, 11) is 1.58. The third-order valence-corrected chi connectivity index (χ3v) is 5.10. The molecule has 132 valence electrons. The third-order valence-electron chi connectivity index (χ3n) is 3.38. The van der Waals surface area contributed by atoms with E-state index in [1.807, 2.05) is 0 Å². The Bertz CT molecular complexity index is 796. The summed E-state index contributed by atoms with van der Waals surface area (Å²) < 4.78 is 5.31. The second-order valence-electron chi connectivity index (χ2n) is 5.25. The van der Waals surface area contributed by atoms with Gasteiger partial charge in [-0.1, -0.05) is 23.2 Å². The van der Waals surface area contributed by atoms with E-state index in [1.54, 1.807) is 43.5 Å². The minimum Gasteiger partial charge on any atom is -0.496 e. The number of thioether (sulfide) groups is 1. The first kappa shape index (κ1) is 19.6. The molecule has 0 saturated heterocycles. The van der Waals surface area contributed by atoms with Gasteiger partial charge in [0.25, 0.3) is 0 Å². The zero-order valence-corrected chi connectivity index (χ0v) is 16.1. The lowest BCUT2D eigenvalue weighted by Crippen LogP contribution is -2.14. The Morgan fingerprint density at radius 1 is 1.12 bits per heavy atom. The van der Waals surface area contributed by atoms with Gasteiger partial charge in [-0.15, -0.1) is 11.8 Å². The number of anilines is 1. The maximum atomic E-state index is 12.0. The zero-order valence-electron chi connectivity index (χ0n) is 13.8. The fraction of sp³-hybridized carbons (Fsp3) is 0.222. The van der Waals surface area contributed by atoms with Crippen LogP contribution in [0.3, 0.4) is 0 Å². The highest BCUT2D eigenvalue weighted by atomic mass is 35.5. The van der Waals surface area contributed by atoms with E-state index in [2.05, 4.69) is 5.32 Å². The van der Waals surface area contributed by atoms with Crippen LogP contribution in [0.2, 0.25) is 10.0 Å². The van der Waals surface area contributed by atoms with Crippen LogP contribution in [-0.4, -0.2) is 24.6 Å². The number of ether oxygens (including phenoxy) is 1. The van der Waals surface area contributed by atoms with Crippen molar-refractivity contribution in [3.8, 4) is 5.75 Å². The summed E-state index contributed by atoms with van der Waals surface area (Å²) in [4.78, 5) is 23.5. The van der Waals surface area contributed by atoms with Crippen LogP contribution >= 0.6 is 35.0 Å². The standard InChI is InChI=1S/C18H17Cl2NO3S/c1-11(22)12-3-6-17(24-2)13(7-12)9-25-10-18(23)21-14-4-5-15(19)16(20)8-14/h3-8H,9-10H2,1-2H3,(H,21,23). The molecule has 25 heavy (non-hydrogen) atoms. The number of halogens is 2. The summed E-state index contributed by atoms with van der Waals surface area (Å²) in [5.74, 6) is 1.35. The fourth-order valence-corrected chi connectivity index (χ4v) is 3.24. The molecule has 0 unspecified atom stereocenters. The molecule has 4 nitrogen and oxygen atoms in total. The van der Waals surface area contributed by atoms with Crippen molar-refractivity contribution >= 4 is 52.3 Å². The van der Waals surface area contributed by atoms with E-state index < -0.39 is 0 Å². The molecule has 2 rings (SSSR count). The predicted molar refractivity (Wildman–Crippen MR) is 104 cm³/mol. The average Bonchev–Trinajstić information content (AvgIpc) is 2.58. The first-order valence-corrected chi connectivity index (χ1v) is 9.32. The number of methoxy groups -OCH3 is 1. The molecule has 1 amide bonds. The van der Waals surface area contributed by atoms with E-state index in [1.165, 1.54) is 18.7 Å². The monoisotopic (exact) mass is 397 g/mol. The Morgan fingerprint density at radius 3 is 2.52 bits per heavy atom. The first-order valence-electron chi connectivity index (χ1n) is 7.41. The molecule has 2 aromatic rings. The molecule has 0 saturated carbocycles. The van der Waals surface area contributed by atoms with E-state index in [4.69, 9.17) is 27.9 Å². The molecule has 0 spiro atoms. The molecule has 7 heteroatoms. The van der Waals surface area contributed by atoms with E-state index in [0.29, 0.717) is 32.8 Å². The molecular formula is C18H17Cl2NO3S. The van der Waals surface area contributed by atoms with Gasteiger partial charge in [0.2, 0.25) is 5.91 Å². The summed E-state index contributed by atoms with van der Waals surface area (Å²) >= 11 is 13.2. The summed E-state index contributed by atoms with van der Waals surface area (Å²) in [6.07, 6.45) is 0. The van der Waals surface area contributed by atoms with Gasteiger partial charge in [0.05, 0.1) is 22.9 Å². The minimum absolute atomic E-state index is 0.00809. The van der Waals surface area contributed by atoms with Crippen LogP contribution < -0.4 is 10.1 Å². The van der Waals surface area contributed by atoms with Gasteiger partial charge in [-0.05, 0) is 43.3 Å². The Balaban J connectivity index is 1.93. The SMILES string of the molecule is COc1ccc(C(C)=O)cc1CSCC(=O)Nc1ccc(Cl)c(Cl)c1. The number of Topliss-reactive ketones (excluding diaryl/α,β-unsaturated/α-hetero) is 1. The number of amides is 1. The van der Waals surface area contributed by atoms with Gasteiger partial charge < -0.3 is 10.1 Å². The quantitative estimate of drug-likeness (QED) is 0.661. The van der Waals surface area contributed by atoms with Crippen molar-refractivity contribution in [2.45, 2.75) is 12.7 Å². The number of carbonyl (C=O) groups excluding carboxylic acids is 2. The number of hydrogen-bond acceptors (Lipinski definition) is 4. The van der Waals surface area contributed by atoms with Crippen molar-refractivity contribution in [2.24, 2.45) is 0 Å². The molecule has 0 aliphatic rings. The smallest absolute Gasteiger partial charge is 0.234 e. The molecule has 0 fully saturated rings. The zero-order chi connectivity index (χ0) is 18.4. The van der Waals surface area contributed by atoms with Crippen LogP contribution in [0.25, 0.3) is 0 Å². The number of benzene rings is 2. The number of hydrogen-bond donors (Lipinski definition) is 1. The van der Waals surface area contributed by atoms with Gasteiger partial charge in [0.1, 0.15) is 5.75 Å². The van der Waals surface area contributed by atoms with Gasteiger partial charge in [0.15, 0.2) is 5.78 Å². The van der Waals surface area contributed by atoms with Crippen LogP contribution in [0.4, 0.5) is 5.69 Å². The van der Waals surface area contributed by atoms with Gasteiger partial charge in [-0.3, -0.25) is 9.59 Å². The van der Waals surface area contributed by atoms with Crippen molar-refractivity contribution in [1.82, 2.24) is 0 Å². The summed E-state index contributed by atoms with van der Waals surface area (Å²) in [6, 6.07) is 10.2. The van der Waals surface area contributed by atoms with Crippen molar-refractivity contribution in [2.75, 3.05) is 18.2 Å². The topological polar surface area (TPSA) is 55.4 Å². The molecular weight excluding hydrogens is 381 g/mol. The van der Waals surface area contributed by atoms with Crippen LogP contribution in [0, 0.1) is 0 Å². The molecule has 2 aromatic carbocycles. The molecule has 0 aromatic heterocycles. The minimum atomic E-state index is -0.148. The lowest BCUT2D eigenvalue weighted by atomic mass is 10.1. The second-order valence-corrected chi connectivity index (χ2v) is 7.05. The van der Waals surface area contributed by atoms with E-state index in [-0.39, 0.29) is 17.4 Å². The first-order chi connectivity index (χ1) is 11.9. The highest BCUT2D eigenvalue weighted by Gasteiger charge is 2.09. The van der Waals surface area contributed by atoms with Gasteiger partial charge in [0, 0.05) is 22.6 Å². The van der Waals surface area contributed by atoms with E-state index >= 15 is 0 Å². The Kier molecular flexibility index (Phi) is 7.17. The molecule has 0 aliphatic carbocycles. The number of carbonyl (C=O) groups is 2. The van der Waals surface area contributed by atoms with Crippen LogP contribution in [0.5, 0.6) is 5.75 Å². The van der Waals surface area contributed by atoms with Crippen molar-refractivity contribution in [3.05, 3.63) is 57.6 Å². The largest absolute Gasteiger partial charge is 0.496 e. The fourth-order valence-electron chi connectivity index (χ4n) is 2.14. The molecule has 0 bridgehead atoms. The predicted octanol–water partition coefficient (Wildman–Crippen LogP) is 5.08.